The molecule has 0 radical (unpaired) electrons. The monoisotopic (exact) mass is 260 g/mol. The van der Waals surface area contributed by atoms with Crippen LogP contribution in [0.4, 0.5) is 0 Å². The summed E-state index contributed by atoms with van der Waals surface area (Å²) in [5, 5.41) is 0.753. The van der Waals surface area contributed by atoms with Crippen molar-refractivity contribution in [2.45, 2.75) is 26.3 Å². The molecule has 0 saturated heterocycles. The van der Waals surface area contributed by atoms with Crippen molar-refractivity contribution in [3.05, 3.63) is 63.9 Å². The molecule has 2 aromatic rings. The van der Waals surface area contributed by atoms with Gasteiger partial charge >= 0.3 is 0 Å². The summed E-state index contributed by atoms with van der Waals surface area (Å²) in [6, 6.07) is 11.9. The average molecular weight is 261 g/mol. The lowest BCUT2D eigenvalue weighted by atomic mass is 9.99. The van der Waals surface area contributed by atoms with Crippen molar-refractivity contribution in [2.24, 2.45) is 5.73 Å². The molecule has 3 heteroatoms. The Balaban J connectivity index is 2.16. The number of halogens is 1. The Morgan fingerprint density at radius 2 is 1.67 bits per heavy atom. The molecule has 0 aliphatic rings. The lowest BCUT2D eigenvalue weighted by Gasteiger charge is -2.13. The molecule has 0 saturated carbocycles. The van der Waals surface area contributed by atoms with Gasteiger partial charge in [0.1, 0.15) is 0 Å². The summed E-state index contributed by atoms with van der Waals surface area (Å²) in [5.41, 5.74) is 10.6. The Bertz CT molecular complexity index is 514. The van der Waals surface area contributed by atoms with Crippen LogP contribution in [0.15, 0.2) is 36.4 Å². The van der Waals surface area contributed by atoms with Crippen molar-refractivity contribution in [3.8, 4) is 0 Å². The molecule has 1 aromatic carbocycles. The minimum atomic E-state index is -0.00780. The molecular formula is C15H17ClN2. The molecule has 0 fully saturated rings. The van der Waals surface area contributed by atoms with E-state index < -0.39 is 0 Å². The van der Waals surface area contributed by atoms with Crippen LogP contribution in [0.3, 0.4) is 0 Å². The second kappa shape index (κ2) is 5.51. The van der Waals surface area contributed by atoms with Gasteiger partial charge in [0, 0.05) is 22.5 Å². The van der Waals surface area contributed by atoms with E-state index in [-0.39, 0.29) is 6.04 Å². The number of rotatable bonds is 3. The number of pyridine rings is 1. The molecule has 1 aromatic heterocycles. The smallest absolute Gasteiger partial charge is 0.0406 e. The lowest BCUT2D eigenvalue weighted by molar-refractivity contribution is 0.717. The summed E-state index contributed by atoms with van der Waals surface area (Å²) in [5.74, 6) is 0. The molecule has 0 spiro atoms. The number of nitrogens with zero attached hydrogens (tertiary/aromatic N) is 1. The number of benzene rings is 1. The predicted octanol–water partition coefficient (Wildman–Crippen LogP) is 3.59. The average Bonchev–Trinajstić information content (AvgIpc) is 2.31. The van der Waals surface area contributed by atoms with Gasteiger partial charge in [-0.1, -0.05) is 23.7 Å². The summed E-state index contributed by atoms with van der Waals surface area (Å²) in [7, 11) is 0. The van der Waals surface area contributed by atoms with Gasteiger partial charge in [-0.2, -0.15) is 0 Å². The molecule has 18 heavy (non-hydrogen) atoms. The molecule has 0 bridgehead atoms. The second-order valence-corrected chi connectivity index (χ2v) is 5.06. The van der Waals surface area contributed by atoms with E-state index in [9.17, 15) is 0 Å². The van der Waals surface area contributed by atoms with Gasteiger partial charge < -0.3 is 5.73 Å². The first-order valence-corrected chi connectivity index (χ1v) is 6.37. The highest BCUT2D eigenvalue weighted by molar-refractivity contribution is 6.30. The molecule has 0 aliphatic carbocycles. The van der Waals surface area contributed by atoms with Crippen molar-refractivity contribution in [1.82, 2.24) is 4.98 Å². The van der Waals surface area contributed by atoms with E-state index in [2.05, 4.69) is 4.98 Å². The molecule has 2 N–H and O–H groups in total. The van der Waals surface area contributed by atoms with E-state index in [0.29, 0.717) is 0 Å². The van der Waals surface area contributed by atoms with Crippen molar-refractivity contribution in [2.75, 3.05) is 0 Å². The third-order valence-electron chi connectivity index (χ3n) is 2.90. The molecular weight excluding hydrogens is 244 g/mol. The van der Waals surface area contributed by atoms with Crippen LogP contribution in [-0.2, 0) is 6.42 Å². The van der Waals surface area contributed by atoms with E-state index in [0.717, 1.165) is 28.4 Å². The van der Waals surface area contributed by atoms with Crippen LogP contribution < -0.4 is 5.73 Å². The van der Waals surface area contributed by atoms with Gasteiger partial charge in [-0.05, 0) is 55.7 Å². The topological polar surface area (TPSA) is 38.9 Å². The van der Waals surface area contributed by atoms with Crippen LogP contribution in [0.25, 0.3) is 0 Å². The first-order valence-electron chi connectivity index (χ1n) is 6.00. The maximum atomic E-state index is 6.24. The summed E-state index contributed by atoms with van der Waals surface area (Å²) < 4.78 is 0. The third-order valence-corrected chi connectivity index (χ3v) is 3.15. The standard InChI is InChI=1S/C15H17ClN2/c1-10-7-13(8-11(2)18-10)15(17)9-12-3-5-14(16)6-4-12/h3-8,15H,9,17H2,1-2H3. The second-order valence-electron chi connectivity index (χ2n) is 4.62. The van der Waals surface area contributed by atoms with Gasteiger partial charge in [0.05, 0.1) is 0 Å². The van der Waals surface area contributed by atoms with Crippen LogP contribution >= 0.6 is 11.6 Å². The highest BCUT2D eigenvalue weighted by Crippen LogP contribution is 2.19. The SMILES string of the molecule is Cc1cc(C(N)Cc2ccc(Cl)cc2)cc(C)n1. The van der Waals surface area contributed by atoms with E-state index in [1.165, 1.54) is 5.56 Å². The Morgan fingerprint density at radius 3 is 2.22 bits per heavy atom. The number of hydrogen-bond acceptors (Lipinski definition) is 2. The third kappa shape index (κ3) is 3.31. The summed E-state index contributed by atoms with van der Waals surface area (Å²) in [6.07, 6.45) is 0.806. The fourth-order valence-electron chi connectivity index (χ4n) is 2.07. The van der Waals surface area contributed by atoms with Crippen LogP contribution in [0.1, 0.15) is 28.6 Å². The zero-order valence-electron chi connectivity index (χ0n) is 10.7. The normalized spacial score (nSPS) is 12.4. The number of nitrogens with two attached hydrogens (primary N) is 1. The fraction of sp³-hybridized carbons (Fsp3) is 0.267. The zero-order valence-corrected chi connectivity index (χ0v) is 11.4. The highest BCUT2D eigenvalue weighted by Gasteiger charge is 2.08. The summed E-state index contributed by atoms with van der Waals surface area (Å²) >= 11 is 5.87. The Hall–Kier alpha value is -1.38. The number of aromatic nitrogens is 1. The Kier molecular flexibility index (Phi) is 4.00. The minimum absolute atomic E-state index is 0.00780. The van der Waals surface area contributed by atoms with Crippen molar-refractivity contribution in [1.29, 1.82) is 0 Å². The van der Waals surface area contributed by atoms with Crippen LogP contribution in [0.2, 0.25) is 5.02 Å². The minimum Gasteiger partial charge on any atom is -0.324 e. The van der Waals surface area contributed by atoms with Gasteiger partial charge in [-0.3, -0.25) is 4.98 Å². The fourth-order valence-corrected chi connectivity index (χ4v) is 2.20. The summed E-state index contributed by atoms with van der Waals surface area (Å²) in [6.45, 7) is 3.98. The molecule has 2 rings (SSSR count). The molecule has 0 aliphatic heterocycles. The molecule has 1 atom stereocenters. The molecule has 94 valence electrons. The van der Waals surface area contributed by atoms with E-state index >= 15 is 0 Å². The van der Waals surface area contributed by atoms with E-state index in [4.69, 9.17) is 17.3 Å². The Morgan fingerprint density at radius 1 is 1.11 bits per heavy atom. The lowest BCUT2D eigenvalue weighted by Crippen LogP contribution is -2.14. The van der Waals surface area contributed by atoms with Gasteiger partial charge in [-0.25, -0.2) is 0 Å². The molecule has 0 amide bonds. The van der Waals surface area contributed by atoms with Gasteiger partial charge in [0.2, 0.25) is 0 Å². The number of hydrogen-bond donors (Lipinski definition) is 1. The van der Waals surface area contributed by atoms with Gasteiger partial charge in [-0.15, -0.1) is 0 Å². The van der Waals surface area contributed by atoms with Crippen molar-refractivity contribution < 1.29 is 0 Å². The van der Waals surface area contributed by atoms with Crippen molar-refractivity contribution in [3.63, 3.8) is 0 Å². The van der Waals surface area contributed by atoms with Crippen LogP contribution in [0, 0.1) is 13.8 Å². The largest absolute Gasteiger partial charge is 0.324 e. The van der Waals surface area contributed by atoms with Gasteiger partial charge in [0.15, 0.2) is 0 Å². The quantitative estimate of drug-likeness (QED) is 0.916. The van der Waals surface area contributed by atoms with Gasteiger partial charge in [0.25, 0.3) is 0 Å². The Labute approximate surface area is 113 Å². The maximum absolute atomic E-state index is 6.24. The zero-order chi connectivity index (χ0) is 13.1. The summed E-state index contributed by atoms with van der Waals surface area (Å²) in [4.78, 5) is 4.36. The van der Waals surface area contributed by atoms with Crippen molar-refractivity contribution >= 4 is 11.6 Å². The van der Waals surface area contributed by atoms with Crippen LogP contribution in [0.5, 0.6) is 0 Å². The first kappa shape index (κ1) is 13.1. The number of aryl methyl sites for hydroxylation is 2. The van der Waals surface area contributed by atoms with Crippen LogP contribution in [-0.4, -0.2) is 4.98 Å². The molecule has 1 heterocycles. The van der Waals surface area contributed by atoms with E-state index in [1.807, 2.05) is 50.2 Å². The predicted molar refractivity (Wildman–Crippen MR) is 75.8 cm³/mol. The molecule has 1 unspecified atom stereocenters. The molecule has 2 nitrogen and oxygen atoms in total. The first-order chi connectivity index (χ1) is 8.54. The van der Waals surface area contributed by atoms with E-state index in [1.54, 1.807) is 0 Å². The maximum Gasteiger partial charge on any atom is 0.0406 e. The highest BCUT2D eigenvalue weighted by atomic mass is 35.5.